The lowest BCUT2D eigenvalue weighted by Crippen LogP contribution is -2.18. The zero-order chi connectivity index (χ0) is 12.7. The van der Waals surface area contributed by atoms with Crippen molar-refractivity contribution in [2.75, 3.05) is 32.6 Å². The molecule has 0 aliphatic heterocycles. The molecule has 96 valence electrons. The second-order valence-corrected chi connectivity index (χ2v) is 5.84. The fourth-order valence-corrected chi connectivity index (χ4v) is 2.42. The summed E-state index contributed by atoms with van der Waals surface area (Å²) in [7, 11) is -1.46. The Morgan fingerprint density at radius 1 is 1.35 bits per heavy atom. The maximum absolute atomic E-state index is 11.9. The van der Waals surface area contributed by atoms with Gasteiger partial charge in [-0.3, -0.25) is 4.98 Å². The molecule has 0 radical (unpaired) electrons. The van der Waals surface area contributed by atoms with Crippen LogP contribution in [-0.4, -0.2) is 46.0 Å². The van der Waals surface area contributed by atoms with Gasteiger partial charge in [-0.15, -0.1) is 0 Å². The number of hydrogen-bond acceptors (Lipinski definition) is 5. The van der Waals surface area contributed by atoms with E-state index in [1.54, 1.807) is 12.3 Å². The van der Waals surface area contributed by atoms with Gasteiger partial charge in [0.1, 0.15) is 0 Å². The van der Waals surface area contributed by atoms with Crippen molar-refractivity contribution >= 4 is 9.84 Å². The first-order valence-corrected chi connectivity index (χ1v) is 7.08. The summed E-state index contributed by atoms with van der Waals surface area (Å²) in [6.45, 7) is 3.25. The molecular weight excluding hydrogens is 240 g/mol. The van der Waals surface area contributed by atoms with Crippen molar-refractivity contribution in [2.24, 2.45) is 0 Å². The normalized spacial score (nSPS) is 11.6. The lowest BCUT2D eigenvalue weighted by Gasteiger charge is -2.06. The largest absolute Gasteiger partial charge is 0.379 e. The van der Waals surface area contributed by atoms with Gasteiger partial charge in [0.2, 0.25) is 0 Å². The van der Waals surface area contributed by atoms with Crippen molar-refractivity contribution in [3.8, 4) is 0 Å². The molecule has 0 saturated carbocycles. The van der Waals surface area contributed by atoms with Gasteiger partial charge in [-0.1, -0.05) is 0 Å². The Labute approximate surface area is 102 Å². The number of nitrogens with zero attached hydrogens (tertiary/aromatic N) is 1. The third kappa shape index (κ3) is 4.80. The van der Waals surface area contributed by atoms with E-state index in [1.165, 1.54) is 6.20 Å². The van der Waals surface area contributed by atoms with Crippen molar-refractivity contribution < 1.29 is 13.2 Å². The summed E-state index contributed by atoms with van der Waals surface area (Å²) >= 11 is 0. The van der Waals surface area contributed by atoms with E-state index in [1.807, 2.05) is 14.0 Å². The Bertz CT molecular complexity index is 446. The van der Waals surface area contributed by atoms with Gasteiger partial charge in [0.25, 0.3) is 0 Å². The maximum atomic E-state index is 11.9. The topological polar surface area (TPSA) is 68.3 Å². The van der Waals surface area contributed by atoms with E-state index in [-0.39, 0.29) is 17.3 Å². The minimum atomic E-state index is -3.28. The van der Waals surface area contributed by atoms with Crippen molar-refractivity contribution in [3.05, 3.63) is 24.0 Å². The monoisotopic (exact) mass is 258 g/mol. The lowest BCUT2D eigenvalue weighted by molar-refractivity contribution is 0.152. The average molecular weight is 258 g/mol. The van der Waals surface area contributed by atoms with Gasteiger partial charge in [0.15, 0.2) is 9.84 Å². The molecule has 1 heterocycles. The van der Waals surface area contributed by atoms with Crippen molar-refractivity contribution in [3.63, 3.8) is 0 Å². The van der Waals surface area contributed by atoms with Crippen LogP contribution in [0.25, 0.3) is 0 Å². The summed E-state index contributed by atoms with van der Waals surface area (Å²) in [6, 6.07) is 1.62. The summed E-state index contributed by atoms with van der Waals surface area (Å²) in [4.78, 5) is 4.14. The Balaban J connectivity index is 2.51. The zero-order valence-electron chi connectivity index (χ0n) is 10.1. The highest BCUT2D eigenvalue weighted by molar-refractivity contribution is 7.91. The van der Waals surface area contributed by atoms with Crippen LogP contribution in [0, 0.1) is 6.92 Å². The first-order valence-electron chi connectivity index (χ1n) is 5.43. The number of likely N-dealkylation sites (N-methyl/N-ethyl adjacent to an activating group) is 1. The Morgan fingerprint density at radius 3 is 2.76 bits per heavy atom. The summed E-state index contributed by atoms with van der Waals surface area (Å²) in [6.07, 6.45) is 3.00. The van der Waals surface area contributed by atoms with E-state index in [0.29, 0.717) is 13.2 Å². The number of ether oxygens (including phenoxy) is 1. The molecule has 0 fully saturated rings. The molecule has 0 aliphatic carbocycles. The molecule has 0 unspecified atom stereocenters. The molecule has 0 spiro atoms. The summed E-state index contributed by atoms with van der Waals surface area (Å²) in [5, 5.41) is 2.92. The van der Waals surface area contributed by atoms with Crippen LogP contribution in [0.3, 0.4) is 0 Å². The Kier molecular flexibility index (Phi) is 5.54. The van der Waals surface area contributed by atoms with Gasteiger partial charge < -0.3 is 10.1 Å². The van der Waals surface area contributed by atoms with Crippen molar-refractivity contribution in [1.29, 1.82) is 0 Å². The minimum absolute atomic E-state index is 0.0121. The van der Waals surface area contributed by atoms with E-state index in [4.69, 9.17) is 4.74 Å². The number of sulfone groups is 1. The second-order valence-electron chi connectivity index (χ2n) is 3.73. The van der Waals surface area contributed by atoms with E-state index in [9.17, 15) is 8.42 Å². The molecule has 0 saturated heterocycles. The van der Waals surface area contributed by atoms with E-state index < -0.39 is 9.84 Å². The van der Waals surface area contributed by atoms with Crippen LogP contribution >= 0.6 is 0 Å². The minimum Gasteiger partial charge on any atom is -0.379 e. The maximum Gasteiger partial charge on any atom is 0.182 e. The number of pyridine rings is 1. The van der Waals surface area contributed by atoms with Crippen LogP contribution in [0.2, 0.25) is 0 Å². The number of nitrogens with one attached hydrogen (secondary N) is 1. The smallest absolute Gasteiger partial charge is 0.182 e. The second kappa shape index (κ2) is 6.68. The molecule has 0 bridgehead atoms. The van der Waals surface area contributed by atoms with Crippen molar-refractivity contribution in [2.45, 2.75) is 11.8 Å². The standard InChI is InChI=1S/C11H18N2O3S/c1-10-7-11(9-13-8-10)17(14,15)6-5-16-4-3-12-2/h7-9,12H,3-6H2,1-2H3. The fourth-order valence-electron chi connectivity index (χ4n) is 1.26. The fraction of sp³-hybridized carbons (Fsp3) is 0.545. The number of rotatable bonds is 7. The summed E-state index contributed by atoms with van der Waals surface area (Å²) in [5.41, 5.74) is 0.835. The van der Waals surface area contributed by atoms with Crippen LogP contribution in [0.15, 0.2) is 23.4 Å². The number of aryl methyl sites for hydroxylation is 1. The van der Waals surface area contributed by atoms with Crippen LogP contribution in [0.1, 0.15) is 5.56 Å². The van der Waals surface area contributed by atoms with Crippen LogP contribution < -0.4 is 5.32 Å². The third-order valence-electron chi connectivity index (χ3n) is 2.20. The SMILES string of the molecule is CNCCOCCS(=O)(=O)c1cncc(C)c1. The molecule has 1 N–H and O–H groups in total. The Morgan fingerprint density at radius 2 is 2.12 bits per heavy atom. The molecule has 0 amide bonds. The third-order valence-corrected chi connectivity index (χ3v) is 3.85. The van der Waals surface area contributed by atoms with Gasteiger partial charge in [-0.05, 0) is 25.6 Å². The summed E-state index contributed by atoms with van der Waals surface area (Å²) in [5.74, 6) is -0.0121. The first-order chi connectivity index (χ1) is 8.06. The molecule has 17 heavy (non-hydrogen) atoms. The highest BCUT2D eigenvalue weighted by Gasteiger charge is 2.14. The van der Waals surface area contributed by atoms with Gasteiger partial charge in [0, 0.05) is 18.9 Å². The predicted molar refractivity (Wildman–Crippen MR) is 65.8 cm³/mol. The number of hydrogen-bond donors (Lipinski definition) is 1. The van der Waals surface area contributed by atoms with Gasteiger partial charge in [0.05, 0.1) is 23.9 Å². The summed E-state index contributed by atoms with van der Waals surface area (Å²) < 4.78 is 29.0. The molecular formula is C11H18N2O3S. The average Bonchev–Trinajstić information content (AvgIpc) is 2.29. The zero-order valence-corrected chi connectivity index (χ0v) is 11.0. The van der Waals surface area contributed by atoms with Crippen LogP contribution in [-0.2, 0) is 14.6 Å². The molecule has 0 aromatic carbocycles. The molecule has 6 heteroatoms. The number of aromatic nitrogens is 1. The molecule has 5 nitrogen and oxygen atoms in total. The van der Waals surface area contributed by atoms with Crippen LogP contribution in [0.5, 0.6) is 0 Å². The molecule has 0 atom stereocenters. The van der Waals surface area contributed by atoms with E-state index in [2.05, 4.69) is 10.3 Å². The van der Waals surface area contributed by atoms with E-state index in [0.717, 1.165) is 5.56 Å². The van der Waals surface area contributed by atoms with Crippen molar-refractivity contribution in [1.82, 2.24) is 10.3 Å². The molecule has 1 aromatic heterocycles. The molecule has 1 rings (SSSR count). The Hall–Kier alpha value is -0.980. The van der Waals surface area contributed by atoms with Gasteiger partial charge in [-0.2, -0.15) is 0 Å². The molecule has 0 aliphatic rings. The quantitative estimate of drug-likeness (QED) is 0.717. The van der Waals surface area contributed by atoms with Crippen LogP contribution in [0.4, 0.5) is 0 Å². The molecule has 1 aromatic rings. The van der Waals surface area contributed by atoms with E-state index >= 15 is 0 Å². The van der Waals surface area contributed by atoms with Gasteiger partial charge in [-0.25, -0.2) is 8.42 Å². The first kappa shape index (κ1) is 14.1. The van der Waals surface area contributed by atoms with Gasteiger partial charge >= 0.3 is 0 Å². The predicted octanol–water partition coefficient (Wildman–Crippen LogP) is 0.400. The highest BCUT2D eigenvalue weighted by atomic mass is 32.2. The highest BCUT2D eigenvalue weighted by Crippen LogP contribution is 2.10. The lowest BCUT2D eigenvalue weighted by atomic mass is 10.3.